The first kappa shape index (κ1) is 18.0. The summed E-state index contributed by atoms with van der Waals surface area (Å²) in [6.07, 6.45) is 1.77. The van der Waals surface area contributed by atoms with Crippen molar-refractivity contribution in [2.45, 2.75) is 11.7 Å². The molecule has 0 aliphatic heterocycles. The van der Waals surface area contributed by atoms with Gasteiger partial charge >= 0.3 is 0 Å². The maximum absolute atomic E-state index is 5.67. The molecule has 0 unspecified atom stereocenters. The molecule has 0 heterocycles. The van der Waals surface area contributed by atoms with Gasteiger partial charge in [0.15, 0.2) is 0 Å². The molecule has 3 aromatic carbocycles. The third kappa shape index (κ3) is 3.89. The van der Waals surface area contributed by atoms with Gasteiger partial charge in [-0.3, -0.25) is 0 Å². The fourth-order valence-corrected chi connectivity index (χ4v) is 4.15. The van der Waals surface area contributed by atoms with Crippen molar-refractivity contribution in [3.63, 3.8) is 0 Å². The molecule has 3 heteroatoms. The largest absolute Gasteiger partial charge is 0.387 e. The molecule has 0 aromatic heterocycles. The van der Waals surface area contributed by atoms with Crippen LogP contribution in [0.4, 0.5) is 0 Å². The molecule has 130 valence electrons. The normalized spacial score (nSPS) is 12.4. The Balaban J connectivity index is 2.21. The van der Waals surface area contributed by atoms with E-state index in [4.69, 9.17) is 5.73 Å². The molecule has 0 saturated heterocycles. The molecule has 0 fully saturated rings. The highest BCUT2D eigenvalue weighted by Gasteiger charge is 2.36. The van der Waals surface area contributed by atoms with Crippen molar-refractivity contribution < 1.29 is 0 Å². The van der Waals surface area contributed by atoms with Crippen molar-refractivity contribution in [3.05, 3.63) is 119 Å². The molecule has 26 heavy (non-hydrogen) atoms. The summed E-state index contributed by atoms with van der Waals surface area (Å²) >= 11 is 1.73. The number of amidine groups is 1. The number of hydrogen-bond acceptors (Lipinski definition) is 2. The van der Waals surface area contributed by atoms with Gasteiger partial charge < -0.3 is 5.73 Å². The van der Waals surface area contributed by atoms with E-state index in [0.717, 1.165) is 0 Å². The summed E-state index contributed by atoms with van der Waals surface area (Å²) in [7, 11) is 0. The molecule has 0 aliphatic rings. The summed E-state index contributed by atoms with van der Waals surface area (Å²) in [5.74, 6) is 0.548. The van der Waals surface area contributed by atoms with Crippen molar-refractivity contribution in [1.29, 1.82) is 0 Å². The highest BCUT2D eigenvalue weighted by Crippen LogP contribution is 2.48. The van der Waals surface area contributed by atoms with Crippen molar-refractivity contribution >= 4 is 17.6 Å². The average molecular weight is 359 g/mol. The number of benzene rings is 3. The van der Waals surface area contributed by atoms with E-state index in [9.17, 15) is 0 Å². The Hall–Kier alpha value is -2.78. The molecule has 0 amide bonds. The van der Waals surface area contributed by atoms with Crippen LogP contribution in [-0.4, -0.2) is 5.84 Å². The number of rotatable bonds is 6. The number of thioether (sulfide) groups is 1. The van der Waals surface area contributed by atoms with Crippen LogP contribution < -0.4 is 5.73 Å². The molecular weight excluding hydrogens is 336 g/mol. The minimum Gasteiger partial charge on any atom is -0.387 e. The van der Waals surface area contributed by atoms with Crippen molar-refractivity contribution in [3.8, 4) is 0 Å². The predicted octanol–water partition coefficient (Wildman–Crippen LogP) is 5.56. The fourth-order valence-electron chi connectivity index (χ4n) is 3.00. The van der Waals surface area contributed by atoms with Crippen molar-refractivity contribution in [2.24, 2.45) is 10.7 Å². The summed E-state index contributed by atoms with van der Waals surface area (Å²) in [5.41, 5.74) is 9.33. The summed E-state index contributed by atoms with van der Waals surface area (Å²) in [6, 6.07) is 31.7. The zero-order chi connectivity index (χ0) is 18.2. The van der Waals surface area contributed by atoms with Gasteiger partial charge in [0, 0.05) is 6.20 Å². The van der Waals surface area contributed by atoms with Crippen molar-refractivity contribution in [2.75, 3.05) is 0 Å². The monoisotopic (exact) mass is 358 g/mol. The highest BCUT2D eigenvalue weighted by atomic mass is 32.2. The van der Waals surface area contributed by atoms with Gasteiger partial charge in [-0.1, -0.05) is 91.0 Å². The minimum atomic E-state index is -0.363. The molecule has 0 spiro atoms. The number of nitrogens with zero attached hydrogens (tertiary/aromatic N) is 1. The van der Waals surface area contributed by atoms with Gasteiger partial charge in [0.05, 0.1) is 10.6 Å². The summed E-state index contributed by atoms with van der Waals surface area (Å²) in [4.78, 5) is 4.20. The van der Waals surface area contributed by atoms with Gasteiger partial charge in [-0.05, 0) is 29.0 Å². The Morgan fingerprint density at radius 2 is 1.15 bits per heavy atom. The highest BCUT2D eigenvalue weighted by molar-refractivity contribution is 8.03. The summed E-state index contributed by atoms with van der Waals surface area (Å²) in [5, 5.41) is 2.02. The minimum absolute atomic E-state index is 0.363. The molecule has 2 nitrogen and oxygen atoms in total. The van der Waals surface area contributed by atoms with Crippen LogP contribution in [0.3, 0.4) is 0 Å². The van der Waals surface area contributed by atoms with Gasteiger partial charge in [-0.25, -0.2) is 4.99 Å². The summed E-state index contributed by atoms with van der Waals surface area (Å²) < 4.78 is -0.363. The Kier molecular flexibility index (Phi) is 5.92. The van der Waals surface area contributed by atoms with Crippen LogP contribution in [0.1, 0.15) is 23.6 Å². The Bertz CT molecular complexity index is 771. The summed E-state index contributed by atoms with van der Waals surface area (Å²) in [6.45, 7) is 1.79. The smallest absolute Gasteiger partial charge is 0.0957 e. The standard InChI is InChI=1S/C23H22N2S/c1-19(24)25-17-18-26-23(20-11-5-2-6-12-20,21-13-7-3-8-14-21)22-15-9-4-10-16-22/h2-18H,1H3,(H2,24,25)/b18-17-. The van der Waals surface area contributed by atoms with Gasteiger partial charge in [0.2, 0.25) is 0 Å². The van der Waals surface area contributed by atoms with Crippen molar-refractivity contribution in [1.82, 2.24) is 0 Å². The zero-order valence-corrected chi connectivity index (χ0v) is 15.6. The Morgan fingerprint density at radius 1 is 0.769 bits per heavy atom. The first-order valence-electron chi connectivity index (χ1n) is 8.53. The van der Waals surface area contributed by atoms with E-state index in [1.807, 2.05) is 23.6 Å². The van der Waals surface area contributed by atoms with Crippen LogP contribution in [0.5, 0.6) is 0 Å². The van der Waals surface area contributed by atoms with E-state index >= 15 is 0 Å². The molecule has 0 aliphatic carbocycles. The lowest BCUT2D eigenvalue weighted by Crippen LogP contribution is -2.24. The molecule has 3 aromatic rings. The quantitative estimate of drug-likeness (QED) is 0.356. The lowest BCUT2D eigenvalue weighted by molar-refractivity contribution is 0.900. The molecular formula is C23H22N2S. The maximum Gasteiger partial charge on any atom is 0.0957 e. The van der Waals surface area contributed by atoms with E-state index in [2.05, 4.69) is 77.8 Å². The third-order valence-electron chi connectivity index (χ3n) is 4.12. The average Bonchev–Trinajstić information content (AvgIpc) is 2.70. The van der Waals surface area contributed by atoms with E-state index < -0.39 is 0 Å². The van der Waals surface area contributed by atoms with Crippen LogP contribution in [-0.2, 0) is 4.75 Å². The second-order valence-corrected chi connectivity index (χ2v) is 7.07. The van der Waals surface area contributed by atoms with Gasteiger partial charge in [-0.15, -0.1) is 11.8 Å². The second-order valence-electron chi connectivity index (χ2n) is 5.95. The van der Waals surface area contributed by atoms with Crippen LogP contribution in [0.25, 0.3) is 0 Å². The van der Waals surface area contributed by atoms with E-state index in [-0.39, 0.29) is 4.75 Å². The molecule has 0 radical (unpaired) electrons. The molecule has 0 saturated carbocycles. The number of aliphatic imine (C=N–C) groups is 1. The van der Waals surface area contributed by atoms with E-state index in [1.165, 1.54) is 16.7 Å². The molecule has 0 atom stereocenters. The molecule has 2 N–H and O–H groups in total. The first-order chi connectivity index (χ1) is 12.7. The Labute approximate surface area is 159 Å². The topological polar surface area (TPSA) is 38.4 Å². The van der Waals surface area contributed by atoms with Crippen LogP contribution in [0.15, 0.2) is 108 Å². The molecule has 0 bridgehead atoms. The zero-order valence-electron chi connectivity index (χ0n) is 14.7. The maximum atomic E-state index is 5.67. The van der Waals surface area contributed by atoms with Crippen LogP contribution in [0.2, 0.25) is 0 Å². The van der Waals surface area contributed by atoms with Crippen LogP contribution in [0, 0.1) is 0 Å². The Morgan fingerprint density at radius 3 is 1.50 bits per heavy atom. The lowest BCUT2D eigenvalue weighted by Gasteiger charge is -2.34. The fraction of sp³-hybridized carbons (Fsp3) is 0.0870. The lowest BCUT2D eigenvalue weighted by atomic mass is 9.84. The van der Waals surface area contributed by atoms with Gasteiger partial charge in [0.1, 0.15) is 0 Å². The molecule has 3 rings (SSSR count). The van der Waals surface area contributed by atoms with Crippen LogP contribution >= 0.6 is 11.8 Å². The predicted molar refractivity (Wildman–Crippen MR) is 113 cm³/mol. The second kappa shape index (κ2) is 8.54. The SMILES string of the molecule is CC(N)=N/C=C\SC(c1ccccc1)(c1ccccc1)c1ccccc1. The van der Waals surface area contributed by atoms with E-state index in [1.54, 1.807) is 24.9 Å². The van der Waals surface area contributed by atoms with Gasteiger partial charge in [0.25, 0.3) is 0 Å². The number of nitrogens with two attached hydrogens (primary N) is 1. The van der Waals surface area contributed by atoms with E-state index in [0.29, 0.717) is 5.84 Å². The number of hydrogen-bond donors (Lipinski definition) is 1. The first-order valence-corrected chi connectivity index (χ1v) is 9.41. The third-order valence-corrected chi connectivity index (χ3v) is 5.44. The van der Waals surface area contributed by atoms with Gasteiger partial charge in [-0.2, -0.15) is 0 Å².